The molecule has 0 atom stereocenters. The lowest BCUT2D eigenvalue weighted by atomic mass is 10.4. The van der Waals surface area contributed by atoms with E-state index in [1.807, 2.05) is 12.1 Å². The van der Waals surface area contributed by atoms with Crippen LogP contribution in [-0.4, -0.2) is 0 Å². The smallest absolute Gasteiger partial charge is 0.117 e. The Morgan fingerprint density at radius 3 is 2.86 bits per heavy atom. The van der Waals surface area contributed by atoms with E-state index in [1.165, 1.54) is 8.66 Å². The summed E-state index contributed by atoms with van der Waals surface area (Å²) < 4.78 is 6.38. The number of hydrogen-bond donors (Lipinski definition) is 1. The highest BCUT2D eigenvalue weighted by Crippen LogP contribution is 2.21. The van der Waals surface area contributed by atoms with Crippen LogP contribution < -0.4 is 5.32 Å². The molecule has 0 aliphatic heterocycles. The van der Waals surface area contributed by atoms with E-state index < -0.39 is 0 Å². The number of furan rings is 1. The molecule has 0 unspecified atom stereocenters. The molecule has 1 N–H and O–H groups in total. The molecule has 0 aromatic carbocycles. The Hall–Kier alpha value is -0.580. The van der Waals surface area contributed by atoms with Crippen molar-refractivity contribution in [1.29, 1.82) is 0 Å². The van der Waals surface area contributed by atoms with Crippen LogP contribution in [0.1, 0.15) is 10.6 Å². The summed E-state index contributed by atoms with van der Waals surface area (Å²) in [5.41, 5.74) is 0. The molecular weight excluding hydrogens is 262 g/mol. The Balaban J connectivity index is 1.78. The second-order valence-corrected chi connectivity index (χ2v) is 5.44. The van der Waals surface area contributed by atoms with Crippen LogP contribution in [0.15, 0.2) is 38.7 Å². The highest BCUT2D eigenvalue weighted by Gasteiger charge is 1.98. The summed E-state index contributed by atoms with van der Waals surface area (Å²) in [6, 6.07) is 8.05. The molecular formula is C10H10BrNOS. The van der Waals surface area contributed by atoms with Gasteiger partial charge in [0, 0.05) is 11.4 Å². The van der Waals surface area contributed by atoms with Gasteiger partial charge in [-0.25, -0.2) is 0 Å². The van der Waals surface area contributed by atoms with Crippen molar-refractivity contribution in [2.45, 2.75) is 13.1 Å². The first-order valence-electron chi connectivity index (χ1n) is 4.32. The van der Waals surface area contributed by atoms with Gasteiger partial charge in [0.15, 0.2) is 0 Å². The molecule has 2 aromatic rings. The number of nitrogens with one attached hydrogen (secondary N) is 1. The lowest BCUT2D eigenvalue weighted by Gasteiger charge is -1.99. The Morgan fingerprint density at radius 2 is 2.21 bits per heavy atom. The van der Waals surface area contributed by atoms with Gasteiger partial charge in [-0.15, -0.1) is 11.3 Å². The van der Waals surface area contributed by atoms with Gasteiger partial charge in [-0.3, -0.25) is 0 Å². The maximum Gasteiger partial charge on any atom is 0.117 e. The molecule has 2 aromatic heterocycles. The van der Waals surface area contributed by atoms with E-state index in [-0.39, 0.29) is 0 Å². The van der Waals surface area contributed by atoms with Gasteiger partial charge >= 0.3 is 0 Å². The molecule has 0 amide bonds. The van der Waals surface area contributed by atoms with Gasteiger partial charge < -0.3 is 9.73 Å². The molecule has 2 nitrogen and oxygen atoms in total. The molecule has 0 spiro atoms. The second-order valence-electron chi connectivity index (χ2n) is 2.89. The first kappa shape index (κ1) is 9.96. The first-order chi connectivity index (χ1) is 6.84. The van der Waals surface area contributed by atoms with Crippen LogP contribution in [0.2, 0.25) is 0 Å². The Labute approximate surface area is 95.1 Å². The molecule has 0 saturated carbocycles. The van der Waals surface area contributed by atoms with E-state index >= 15 is 0 Å². The Kier molecular flexibility index (Phi) is 3.39. The van der Waals surface area contributed by atoms with E-state index in [1.54, 1.807) is 17.6 Å². The summed E-state index contributed by atoms with van der Waals surface area (Å²) in [5.74, 6) is 0.973. The number of hydrogen-bond acceptors (Lipinski definition) is 3. The minimum Gasteiger partial charge on any atom is -0.468 e. The van der Waals surface area contributed by atoms with E-state index in [0.29, 0.717) is 0 Å². The Bertz CT molecular complexity index is 382. The van der Waals surface area contributed by atoms with Crippen LogP contribution in [0.4, 0.5) is 0 Å². The minimum atomic E-state index is 0.780. The third-order valence-corrected chi connectivity index (χ3v) is 3.43. The first-order valence-corrected chi connectivity index (χ1v) is 5.93. The summed E-state index contributed by atoms with van der Waals surface area (Å²) in [6.07, 6.45) is 1.69. The monoisotopic (exact) mass is 271 g/mol. The lowest BCUT2D eigenvalue weighted by Crippen LogP contribution is -2.10. The largest absolute Gasteiger partial charge is 0.468 e. The molecule has 0 aliphatic rings. The van der Waals surface area contributed by atoms with Gasteiger partial charge in [0.2, 0.25) is 0 Å². The molecule has 2 rings (SSSR count). The summed E-state index contributed by atoms with van der Waals surface area (Å²) in [5, 5.41) is 3.31. The third-order valence-electron chi connectivity index (χ3n) is 1.81. The van der Waals surface area contributed by atoms with Crippen molar-refractivity contribution in [3.05, 3.63) is 45.0 Å². The molecule has 0 radical (unpaired) electrons. The van der Waals surface area contributed by atoms with Crippen molar-refractivity contribution >= 4 is 27.3 Å². The quantitative estimate of drug-likeness (QED) is 0.922. The third kappa shape index (κ3) is 2.70. The zero-order valence-electron chi connectivity index (χ0n) is 7.50. The lowest BCUT2D eigenvalue weighted by molar-refractivity contribution is 0.483. The summed E-state index contributed by atoms with van der Waals surface area (Å²) in [7, 11) is 0. The number of thiophene rings is 1. The van der Waals surface area contributed by atoms with Gasteiger partial charge in [0.25, 0.3) is 0 Å². The fourth-order valence-corrected chi connectivity index (χ4v) is 2.62. The van der Waals surface area contributed by atoms with Crippen molar-refractivity contribution in [3.63, 3.8) is 0 Å². The summed E-state index contributed by atoms with van der Waals surface area (Å²) >= 11 is 5.18. The highest BCUT2D eigenvalue weighted by atomic mass is 79.9. The molecule has 4 heteroatoms. The maximum atomic E-state index is 5.21. The van der Waals surface area contributed by atoms with Crippen molar-refractivity contribution in [1.82, 2.24) is 5.32 Å². The van der Waals surface area contributed by atoms with Crippen LogP contribution in [0, 0.1) is 0 Å². The van der Waals surface area contributed by atoms with Gasteiger partial charge in [-0.05, 0) is 40.2 Å². The van der Waals surface area contributed by atoms with E-state index in [0.717, 1.165) is 18.8 Å². The van der Waals surface area contributed by atoms with Gasteiger partial charge in [-0.1, -0.05) is 0 Å². The van der Waals surface area contributed by atoms with Gasteiger partial charge in [0.05, 0.1) is 16.6 Å². The van der Waals surface area contributed by atoms with Gasteiger partial charge in [-0.2, -0.15) is 0 Å². The van der Waals surface area contributed by atoms with Crippen LogP contribution in [0.25, 0.3) is 0 Å². The fourth-order valence-electron chi connectivity index (χ4n) is 1.17. The number of rotatable bonds is 4. The Morgan fingerprint density at radius 1 is 1.29 bits per heavy atom. The molecule has 14 heavy (non-hydrogen) atoms. The van der Waals surface area contributed by atoms with E-state index in [2.05, 4.69) is 33.4 Å². The second kappa shape index (κ2) is 4.77. The van der Waals surface area contributed by atoms with Crippen molar-refractivity contribution in [2.24, 2.45) is 0 Å². The zero-order valence-corrected chi connectivity index (χ0v) is 9.90. The predicted molar refractivity (Wildman–Crippen MR) is 61.3 cm³/mol. The SMILES string of the molecule is Brc1ccc(CNCc2ccco2)s1. The van der Waals surface area contributed by atoms with Crippen LogP contribution in [0.5, 0.6) is 0 Å². The van der Waals surface area contributed by atoms with Crippen molar-refractivity contribution in [2.75, 3.05) is 0 Å². The molecule has 0 saturated heterocycles. The van der Waals surface area contributed by atoms with Gasteiger partial charge in [0.1, 0.15) is 5.76 Å². The standard InChI is InChI=1S/C10H10BrNOS/c11-10-4-3-9(14-10)7-12-6-8-2-1-5-13-8/h1-5,12H,6-7H2. The van der Waals surface area contributed by atoms with Crippen LogP contribution in [-0.2, 0) is 13.1 Å². The average molecular weight is 272 g/mol. The molecule has 0 bridgehead atoms. The highest BCUT2D eigenvalue weighted by molar-refractivity contribution is 9.11. The van der Waals surface area contributed by atoms with Crippen LogP contribution in [0.3, 0.4) is 0 Å². The summed E-state index contributed by atoms with van der Waals surface area (Å²) in [4.78, 5) is 1.32. The van der Waals surface area contributed by atoms with Crippen LogP contribution >= 0.6 is 27.3 Å². The molecule has 0 aliphatic carbocycles. The maximum absolute atomic E-state index is 5.21. The normalized spacial score (nSPS) is 10.6. The zero-order chi connectivity index (χ0) is 9.80. The molecule has 2 heterocycles. The van der Waals surface area contributed by atoms with Crippen molar-refractivity contribution < 1.29 is 4.42 Å². The molecule has 0 fully saturated rings. The predicted octanol–water partition coefficient (Wildman–Crippen LogP) is 3.39. The topological polar surface area (TPSA) is 25.2 Å². The minimum absolute atomic E-state index is 0.780. The van der Waals surface area contributed by atoms with E-state index in [4.69, 9.17) is 4.42 Å². The summed E-state index contributed by atoms with van der Waals surface area (Å²) in [6.45, 7) is 1.67. The van der Waals surface area contributed by atoms with Crippen molar-refractivity contribution in [3.8, 4) is 0 Å². The number of halogens is 1. The van der Waals surface area contributed by atoms with E-state index in [9.17, 15) is 0 Å². The molecule has 74 valence electrons. The fraction of sp³-hybridized carbons (Fsp3) is 0.200. The average Bonchev–Trinajstić information content (AvgIpc) is 2.77.